The number of hydrogen-bond donors (Lipinski definition) is 0. The highest BCUT2D eigenvalue weighted by Gasteiger charge is 1.97. The average Bonchev–Trinajstić information content (AvgIpc) is 1.88. The molecule has 1 nitrogen and oxygen atoms in total. The van der Waals surface area contributed by atoms with Crippen molar-refractivity contribution in [3.63, 3.8) is 0 Å². The van der Waals surface area contributed by atoms with Crippen molar-refractivity contribution in [2.75, 3.05) is 19.0 Å². The number of nitrogens with zero attached hydrogens (tertiary/aromatic N) is 1. The third-order valence-corrected chi connectivity index (χ3v) is 1.65. The molecular weight excluding hydrogens is 146 g/mol. The lowest BCUT2D eigenvalue weighted by Crippen LogP contribution is -2.08. The van der Waals surface area contributed by atoms with Gasteiger partial charge in [0.15, 0.2) is 0 Å². The van der Waals surface area contributed by atoms with Gasteiger partial charge in [-0.15, -0.1) is 0 Å². The van der Waals surface area contributed by atoms with Crippen molar-refractivity contribution in [3.8, 4) is 0 Å². The van der Waals surface area contributed by atoms with E-state index in [-0.39, 0.29) is 0 Å². The van der Waals surface area contributed by atoms with Crippen molar-refractivity contribution in [2.24, 2.45) is 0 Å². The lowest BCUT2D eigenvalue weighted by molar-refractivity contribution is 1.13. The van der Waals surface area contributed by atoms with Crippen molar-refractivity contribution in [2.45, 2.75) is 0 Å². The number of hydrogen-bond acceptors (Lipinski definition) is 1. The maximum absolute atomic E-state index is 5.88. The molecule has 0 aliphatic rings. The van der Waals surface area contributed by atoms with E-state index in [4.69, 9.17) is 11.6 Å². The number of anilines is 1. The molecule has 0 heterocycles. The maximum Gasteiger partial charge on any atom is 0.0639 e. The lowest BCUT2D eigenvalue weighted by Gasteiger charge is -2.12. The standard InChI is InChI=1S/C8H10ClN/c1-10(2)8-6-4-3-5-7(8)9/h3-6H,1-2H3. The van der Waals surface area contributed by atoms with Crippen LogP contribution in [0.25, 0.3) is 0 Å². The zero-order chi connectivity index (χ0) is 7.56. The second-order valence-corrected chi connectivity index (χ2v) is 2.75. The van der Waals surface area contributed by atoms with Gasteiger partial charge in [-0.3, -0.25) is 0 Å². The van der Waals surface area contributed by atoms with Crippen molar-refractivity contribution in [1.82, 2.24) is 0 Å². The molecule has 0 saturated heterocycles. The zero-order valence-corrected chi connectivity index (χ0v) is 6.89. The van der Waals surface area contributed by atoms with E-state index in [1.165, 1.54) is 0 Å². The number of halogens is 1. The summed E-state index contributed by atoms with van der Waals surface area (Å²) in [6, 6.07) is 7.77. The second-order valence-electron chi connectivity index (χ2n) is 2.35. The van der Waals surface area contributed by atoms with Crippen molar-refractivity contribution in [1.29, 1.82) is 0 Å². The van der Waals surface area contributed by atoms with Gasteiger partial charge in [-0.25, -0.2) is 0 Å². The average molecular weight is 156 g/mol. The highest BCUT2D eigenvalue weighted by Crippen LogP contribution is 2.22. The van der Waals surface area contributed by atoms with E-state index in [1.54, 1.807) is 0 Å². The molecule has 0 N–H and O–H groups in total. The second kappa shape index (κ2) is 2.93. The van der Waals surface area contributed by atoms with Gasteiger partial charge in [0.2, 0.25) is 0 Å². The minimum absolute atomic E-state index is 0.799. The van der Waals surface area contributed by atoms with Gasteiger partial charge in [0, 0.05) is 14.1 Å². The molecule has 2 heteroatoms. The molecule has 10 heavy (non-hydrogen) atoms. The van der Waals surface area contributed by atoms with Gasteiger partial charge in [0.1, 0.15) is 0 Å². The fourth-order valence-corrected chi connectivity index (χ4v) is 1.12. The highest BCUT2D eigenvalue weighted by molar-refractivity contribution is 6.33. The van der Waals surface area contributed by atoms with E-state index in [1.807, 2.05) is 43.3 Å². The van der Waals surface area contributed by atoms with Crippen LogP contribution in [0.15, 0.2) is 24.3 Å². The Kier molecular flexibility index (Phi) is 2.17. The monoisotopic (exact) mass is 155 g/mol. The van der Waals surface area contributed by atoms with Gasteiger partial charge in [0.25, 0.3) is 0 Å². The molecule has 0 fully saturated rings. The summed E-state index contributed by atoms with van der Waals surface area (Å²) >= 11 is 5.88. The normalized spacial score (nSPS) is 9.50. The van der Waals surface area contributed by atoms with Crippen LogP contribution in [-0.4, -0.2) is 14.1 Å². The third-order valence-electron chi connectivity index (χ3n) is 1.33. The molecule has 0 radical (unpaired) electrons. The molecule has 54 valence electrons. The van der Waals surface area contributed by atoms with Crippen LogP contribution in [0.5, 0.6) is 0 Å². The Labute approximate surface area is 66.2 Å². The Hall–Kier alpha value is -0.690. The molecule has 0 atom stereocenters. The van der Waals surface area contributed by atoms with E-state index in [9.17, 15) is 0 Å². The summed E-state index contributed by atoms with van der Waals surface area (Å²) in [5.41, 5.74) is 1.06. The molecule has 0 aliphatic carbocycles. The molecule has 0 amide bonds. The zero-order valence-electron chi connectivity index (χ0n) is 6.13. The molecule has 0 spiro atoms. The molecule has 0 saturated carbocycles. The summed E-state index contributed by atoms with van der Waals surface area (Å²) in [7, 11) is 3.95. The third kappa shape index (κ3) is 1.42. The molecule has 1 rings (SSSR count). The molecule has 0 unspecified atom stereocenters. The first-order valence-electron chi connectivity index (χ1n) is 3.13. The Morgan fingerprint density at radius 1 is 1.20 bits per heavy atom. The highest BCUT2D eigenvalue weighted by atomic mass is 35.5. The molecule has 1 aromatic rings. The van der Waals surface area contributed by atoms with Gasteiger partial charge in [-0.05, 0) is 12.1 Å². The van der Waals surface area contributed by atoms with E-state index in [2.05, 4.69) is 0 Å². The van der Waals surface area contributed by atoms with Gasteiger partial charge >= 0.3 is 0 Å². The van der Waals surface area contributed by atoms with Gasteiger partial charge in [-0.1, -0.05) is 23.7 Å². The topological polar surface area (TPSA) is 3.24 Å². The summed E-state index contributed by atoms with van der Waals surface area (Å²) in [5.74, 6) is 0. The van der Waals surface area contributed by atoms with E-state index < -0.39 is 0 Å². The van der Waals surface area contributed by atoms with Crippen molar-refractivity contribution in [3.05, 3.63) is 29.3 Å². The van der Waals surface area contributed by atoms with E-state index >= 15 is 0 Å². The number of rotatable bonds is 1. The van der Waals surface area contributed by atoms with E-state index in [0.717, 1.165) is 10.7 Å². The molecule has 0 bridgehead atoms. The van der Waals surface area contributed by atoms with Crippen molar-refractivity contribution >= 4 is 17.3 Å². The minimum atomic E-state index is 0.799. The lowest BCUT2D eigenvalue weighted by atomic mass is 10.3. The first kappa shape index (κ1) is 7.42. The van der Waals surface area contributed by atoms with Gasteiger partial charge in [0.05, 0.1) is 10.7 Å². The fourth-order valence-electron chi connectivity index (χ4n) is 0.814. The van der Waals surface area contributed by atoms with Crippen LogP contribution >= 0.6 is 11.6 Å². The van der Waals surface area contributed by atoms with Crippen LogP contribution in [0.1, 0.15) is 0 Å². The van der Waals surface area contributed by atoms with Gasteiger partial charge < -0.3 is 4.90 Å². The van der Waals surface area contributed by atoms with Crippen LogP contribution in [0, 0.1) is 0 Å². The first-order chi connectivity index (χ1) is 4.72. The molecule has 0 aromatic heterocycles. The fraction of sp³-hybridized carbons (Fsp3) is 0.250. The Balaban J connectivity index is 3.03. The Morgan fingerprint density at radius 3 is 2.20 bits per heavy atom. The first-order valence-corrected chi connectivity index (χ1v) is 3.51. The summed E-state index contributed by atoms with van der Waals surface area (Å²) in [5, 5.41) is 0.799. The van der Waals surface area contributed by atoms with Crippen LogP contribution in [-0.2, 0) is 0 Å². The maximum atomic E-state index is 5.88. The summed E-state index contributed by atoms with van der Waals surface area (Å²) in [4.78, 5) is 1.99. The van der Waals surface area contributed by atoms with Crippen LogP contribution in [0.2, 0.25) is 5.02 Å². The Morgan fingerprint density at radius 2 is 1.80 bits per heavy atom. The van der Waals surface area contributed by atoms with Crippen LogP contribution in [0.4, 0.5) is 5.69 Å². The summed E-state index contributed by atoms with van der Waals surface area (Å²) in [6.07, 6.45) is 0. The molecular formula is C8H10ClN. The quantitative estimate of drug-likeness (QED) is 0.602. The number of benzene rings is 1. The van der Waals surface area contributed by atoms with Crippen molar-refractivity contribution < 1.29 is 0 Å². The van der Waals surface area contributed by atoms with Crippen LogP contribution < -0.4 is 4.90 Å². The molecule has 1 aromatic carbocycles. The smallest absolute Gasteiger partial charge is 0.0639 e. The summed E-state index contributed by atoms with van der Waals surface area (Å²) < 4.78 is 0. The minimum Gasteiger partial charge on any atom is -0.376 e. The number of para-hydroxylation sites is 1. The predicted octanol–water partition coefficient (Wildman–Crippen LogP) is 2.41. The predicted molar refractivity (Wildman–Crippen MR) is 45.8 cm³/mol. The van der Waals surface area contributed by atoms with E-state index in [0.29, 0.717) is 0 Å². The molecule has 0 aliphatic heterocycles. The SMILES string of the molecule is CN(C)c1ccccc1Cl. The van der Waals surface area contributed by atoms with Gasteiger partial charge in [-0.2, -0.15) is 0 Å². The van der Waals surface area contributed by atoms with Crippen LogP contribution in [0.3, 0.4) is 0 Å². The summed E-state index contributed by atoms with van der Waals surface area (Å²) in [6.45, 7) is 0. The Bertz CT molecular complexity index is 220. The largest absolute Gasteiger partial charge is 0.376 e.